The van der Waals surface area contributed by atoms with Crippen molar-refractivity contribution in [1.82, 2.24) is 10.2 Å². The molecular formula is C11H8FN3O2. The lowest BCUT2D eigenvalue weighted by Crippen LogP contribution is -2.03. The molecule has 0 aliphatic heterocycles. The lowest BCUT2D eigenvalue weighted by molar-refractivity contribution is 0.0689. The Bertz CT molecular complexity index is 543. The first-order chi connectivity index (χ1) is 8.15. The van der Waals surface area contributed by atoms with E-state index >= 15 is 0 Å². The van der Waals surface area contributed by atoms with Crippen LogP contribution in [0.2, 0.25) is 0 Å². The van der Waals surface area contributed by atoms with E-state index in [0.717, 1.165) is 0 Å². The molecule has 0 amide bonds. The van der Waals surface area contributed by atoms with Crippen LogP contribution in [-0.2, 0) is 0 Å². The number of aromatic carboxylic acids is 1. The molecule has 6 heteroatoms. The van der Waals surface area contributed by atoms with Gasteiger partial charge in [0.1, 0.15) is 5.82 Å². The minimum Gasteiger partial charge on any atom is -0.476 e. The molecule has 2 rings (SSSR count). The zero-order valence-corrected chi connectivity index (χ0v) is 8.59. The van der Waals surface area contributed by atoms with Gasteiger partial charge in [0.25, 0.3) is 0 Å². The molecule has 0 saturated carbocycles. The Kier molecular flexibility index (Phi) is 2.95. The molecule has 0 aliphatic rings. The van der Waals surface area contributed by atoms with E-state index in [-0.39, 0.29) is 11.5 Å². The van der Waals surface area contributed by atoms with E-state index in [9.17, 15) is 9.18 Å². The van der Waals surface area contributed by atoms with Crippen molar-refractivity contribution in [2.24, 2.45) is 0 Å². The second-order valence-corrected chi connectivity index (χ2v) is 3.24. The fourth-order valence-corrected chi connectivity index (χ4v) is 1.23. The molecule has 0 aliphatic carbocycles. The summed E-state index contributed by atoms with van der Waals surface area (Å²) in [5.41, 5.74) is 0.372. The molecule has 0 fully saturated rings. The van der Waals surface area contributed by atoms with E-state index in [1.165, 1.54) is 24.3 Å². The van der Waals surface area contributed by atoms with Crippen molar-refractivity contribution < 1.29 is 14.3 Å². The predicted molar refractivity (Wildman–Crippen MR) is 58.7 cm³/mol. The molecule has 0 bridgehead atoms. The number of carboxylic acid groups (broad SMARTS) is 1. The highest BCUT2D eigenvalue weighted by Gasteiger charge is 2.05. The van der Waals surface area contributed by atoms with Crippen LogP contribution >= 0.6 is 0 Å². The summed E-state index contributed by atoms with van der Waals surface area (Å²) >= 11 is 0. The maximum absolute atomic E-state index is 12.9. The third-order valence-electron chi connectivity index (χ3n) is 1.98. The van der Waals surface area contributed by atoms with Crippen LogP contribution in [-0.4, -0.2) is 21.3 Å². The van der Waals surface area contributed by atoms with Crippen LogP contribution in [0.15, 0.2) is 36.4 Å². The fraction of sp³-hybridized carbons (Fsp3) is 0. The normalized spacial score (nSPS) is 9.94. The highest BCUT2D eigenvalue weighted by Crippen LogP contribution is 2.14. The Labute approximate surface area is 95.9 Å². The molecule has 0 saturated heterocycles. The van der Waals surface area contributed by atoms with Crippen LogP contribution in [0.25, 0.3) is 0 Å². The topological polar surface area (TPSA) is 75.1 Å². The van der Waals surface area contributed by atoms with Gasteiger partial charge in [-0.2, -0.15) is 0 Å². The zero-order chi connectivity index (χ0) is 12.3. The Morgan fingerprint density at radius 3 is 2.65 bits per heavy atom. The van der Waals surface area contributed by atoms with Gasteiger partial charge in [0.05, 0.1) is 0 Å². The second-order valence-electron chi connectivity index (χ2n) is 3.24. The van der Waals surface area contributed by atoms with Crippen LogP contribution < -0.4 is 5.32 Å². The Morgan fingerprint density at radius 2 is 2.06 bits per heavy atom. The van der Waals surface area contributed by atoms with Crippen LogP contribution in [0.1, 0.15) is 10.5 Å². The van der Waals surface area contributed by atoms with Gasteiger partial charge in [0.2, 0.25) is 0 Å². The Hall–Kier alpha value is -2.50. The van der Waals surface area contributed by atoms with Gasteiger partial charge in [0, 0.05) is 5.69 Å². The molecule has 86 valence electrons. The van der Waals surface area contributed by atoms with Gasteiger partial charge in [-0.05, 0) is 30.3 Å². The molecule has 0 spiro atoms. The van der Waals surface area contributed by atoms with Gasteiger partial charge in [-0.15, -0.1) is 10.2 Å². The molecule has 0 atom stereocenters. The lowest BCUT2D eigenvalue weighted by Gasteiger charge is -2.04. The van der Waals surface area contributed by atoms with Crippen molar-refractivity contribution in [3.8, 4) is 0 Å². The summed E-state index contributed by atoms with van der Waals surface area (Å²) < 4.78 is 12.9. The standard InChI is InChI=1S/C11H8FN3O2/c12-7-2-1-3-8(6-7)13-10-5-4-9(11(16)17)14-15-10/h1-6H,(H,13,15)(H,16,17). The van der Waals surface area contributed by atoms with Gasteiger partial charge in [-0.3, -0.25) is 0 Å². The summed E-state index contributed by atoms with van der Waals surface area (Å²) in [6.07, 6.45) is 0. The van der Waals surface area contributed by atoms with E-state index in [1.54, 1.807) is 12.1 Å². The number of halogens is 1. The summed E-state index contributed by atoms with van der Waals surface area (Å²) in [6.45, 7) is 0. The smallest absolute Gasteiger partial charge is 0.356 e. The molecule has 1 aromatic heterocycles. The van der Waals surface area contributed by atoms with Crippen molar-refractivity contribution in [3.63, 3.8) is 0 Å². The SMILES string of the molecule is O=C(O)c1ccc(Nc2cccc(F)c2)nn1. The van der Waals surface area contributed by atoms with Crippen molar-refractivity contribution >= 4 is 17.5 Å². The third-order valence-corrected chi connectivity index (χ3v) is 1.98. The molecule has 2 N–H and O–H groups in total. The summed E-state index contributed by atoms with van der Waals surface area (Å²) in [5.74, 6) is -1.17. The highest BCUT2D eigenvalue weighted by atomic mass is 19.1. The summed E-state index contributed by atoms with van der Waals surface area (Å²) in [6, 6.07) is 8.61. The van der Waals surface area contributed by atoms with Crippen LogP contribution in [0, 0.1) is 5.82 Å². The van der Waals surface area contributed by atoms with Crippen molar-refractivity contribution in [1.29, 1.82) is 0 Å². The first-order valence-electron chi connectivity index (χ1n) is 4.75. The van der Waals surface area contributed by atoms with E-state index in [2.05, 4.69) is 15.5 Å². The molecule has 5 nitrogen and oxygen atoms in total. The van der Waals surface area contributed by atoms with Crippen molar-refractivity contribution in [2.45, 2.75) is 0 Å². The molecule has 17 heavy (non-hydrogen) atoms. The molecular weight excluding hydrogens is 225 g/mol. The Morgan fingerprint density at radius 1 is 1.24 bits per heavy atom. The number of hydrogen-bond donors (Lipinski definition) is 2. The molecule has 2 aromatic rings. The van der Waals surface area contributed by atoms with Gasteiger partial charge in [-0.25, -0.2) is 9.18 Å². The number of benzene rings is 1. The zero-order valence-electron chi connectivity index (χ0n) is 8.59. The van der Waals surface area contributed by atoms with Gasteiger partial charge in [0.15, 0.2) is 11.5 Å². The molecule has 1 aromatic carbocycles. The van der Waals surface area contributed by atoms with E-state index < -0.39 is 5.97 Å². The quantitative estimate of drug-likeness (QED) is 0.848. The van der Waals surface area contributed by atoms with E-state index in [0.29, 0.717) is 11.5 Å². The average molecular weight is 233 g/mol. The van der Waals surface area contributed by atoms with Crippen molar-refractivity contribution in [3.05, 3.63) is 47.9 Å². The largest absolute Gasteiger partial charge is 0.476 e. The van der Waals surface area contributed by atoms with Gasteiger partial charge < -0.3 is 10.4 Å². The highest BCUT2D eigenvalue weighted by molar-refractivity contribution is 5.85. The number of carboxylic acids is 1. The first kappa shape index (κ1) is 11.0. The van der Waals surface area contributed by atoms with Crippen molar-refractivity contribution in [2.75, 3.05) is 5.32 Å². The number of hydrogen-bond acceptors (Lipinski definition) is 4. The number of nitrogens with zero attached hydrogens (tertiary/aromatic N) is 2. The maximum Gasteiger partial charge on any atom is 0.356 e. The van der Waals surface area contributed by atoms with Crippen LogP contribution in [0.3, 0.4) is 0 Å². The average Bonchev–Trinajstić information content (AvgIpc) is 2.29. The first-order valence-corrected chi connectivity index (χ1v) is 4.75. The van der Waals surface area contributed by atoms with Crippen LogP contribution in [0.4, 0.5) is 15.9 Å². The Balaban J connectivity index is 2.16. The fourth-order valence-electron chi connectivity index (χ4n) is 1.23. The van der Waals surface area contributed by atoms with E-state index in [4.69, 9.17) is 5.11 Å². The molecule has 1 heterocycles. The second kappa shape index (κ2) is 4.56. The predicted octanol–water partition coefficient (Wildman–Crippen LogP) is 2.06. The number of rotatable bonds is 3. The number of nitrogens with one attached hydrogen (secondary N) is 1. The van der Waals surface area contributed by atoms with E-state index in [1.807, 2.05) is 0 Å². The van der Waals surface area contributed by atoms with Gasteiger partial charge in [-0.1, -0.05) is 6.07 Å². The summed E-state index contributed by atoms with van der Waals surface area (Å²) in [7, 11) is 0. The number of anilines is 2. The number of aromatic nitrogens is 2. The summed E-state index contributed by atoms with van der Waals surface area (Å²) in [4.78, 5) is 10.5. The lowest BCUT2D eigenvalue weighted by atomic mass is 10.3. The number of carbonyl (C=O) groups is 1. The third kappa shape index (κ3) is 2.75. The van der Waals surface area contributed by atoms with Crippen LogP contribution in [0.5, 0.6) is 0 Å². The monoisotopic (exact) mass is 233 g/mol. The molecule has 0 radical (unpaired) electrons. The minimum absolute atomic E-state index is 0.144. The van der Waals surface area contributed by atoms with Gasteiger partial charge >= 0.3 is 5.97 Å². The summed E-state index contributed by atoms with van der Waals surface area (Å²) in [5, 5.41) is 18.6. The molecule has 0 unspecified atom stereocenters. The maximum atomic E-state index is 12.9. The minimum atomic E-state index is -1.14.